The van der Waals surface area contributed by atoms with E-state index in [1.54, 1.807) is 0 Å². The van der Waals surface area contributed by atoms with E-state index in [4.69, 9.17) is 0 Å². The number of rotatable bonds is 0. The van der Waals surface area contributed by atoms with Gasteiger partial charge in [-0.05, 0) is 31.6 Å². The number of Topliss-reactive ketones (excluding diaryl/α,β-unsaturated/α-hetero) is 1. The van der Waals surface area contributed by atoms with Crippen LogP contribution in [0.4, 0.5) is 0 Å². The number of fused-ring (bicyclic) bond motifs is 1. The maximum absolute atomic E-state index is 12.1. The Balaban J connectivity index is 2.06. The first-order valence-corrected chi connectivity index (χ1v) is 7.49. The van der Waals surface area contributed by atoms with E-state index in [0.717, 1.165) is 12.8 Å². The van der Waals surface area contributed by atoms with Crippen LogP contribution in [0.15, 0.2) is 11.6 Å². The van der Waals surface area contributed by atoms with Crippen molar-refractivity contribution in [3.05, 3.63) is 11.6 Å². The molecule has 1 heteroatoms. The molecular weight excluding hydrogens is 208 g/mol. The van der Waals surface area contributed by atoms with Crippen LogP contribution in [0, 0.1) is 11.8 Å². The molecule has 0 heterocycles. The van der Waals surface area contributed by atoms with Crippen molar-refractivity contribution in [2.24, 2.45) is 11.8 Å². The van der Waals surface area contributed by atoms with Gasteiger partial charge in [0.15, 0.2) is 0 Å². The van der Waals surface area contributed by atoms with Crippen molar-refractivity contribution in [3.63, 3.8) is 0 Å². The highest BCUT2D eigenvalue weighted by atomic mass is 16.1. The van der Waals surface area contributed by atoms with E-state index in [9.17, 15) is 4.79 Å². The minimum Gasteiger partial charge on any atom is -0.299 e. The van der Waals surface area contributed by atoms with Crippen LogP contribution < -0.4 is 0 Å². The van der Waals surface area contributed by atoms with Crippen LogP contribution in [-0.4, -0.2) is 5.78 Å². The molecule has 0 spiro atoms. The van der Waals surface area contributed by atoms with Gasteiger partial charge in [-0.2, -0.15) is 0 Å². The van der Waals surface area contributed by atoms with Crippen LogP contribution in [0.25, 0.3) is 0 Å². The largest absolute Gasteiger partial charge is 0.299 e. The summed E-state index contributed by atoms with van der Waals surface area (Å²) in [5.74, 6) is 1.40. The van der Waals surface area contributed by atoms with Crippen molar-refractivity contribution in [3.8, 4) is 0 Å². The monoisotopic (exact) mass is 234 g/mol. The van der Waals surface area contributed by atoms with E-state index in [1.807, 2.05) is 0 Å². The molecule has 0 aromatic heterocycles. The van der Waals surface area contributed by atoms with Gasteiger partial charge in [-0.1, -0.05) is 50.7 Å². The molecule has 1 saturated carbocycles. The Morgan fingerprint density at radius 1 is 1.00 bits per heavy atom. The van der Waals surface area contributed by atoms with Gasteiger partial charge in [-0.3, -0.25) is 4.79 Å². The molecule has 1 fully saturated rings. The predicted molar refractivity (Wildman–Crippen MR) is 71.9 cm³/mol. The van der Waals surface area contributed by atoms with Crippen molar-refractivity contribution in [1.29, 1.82) is 0 Å². The lowest BCUT2D eigenvalue weighted by Gasteiger charge is -2.28. The molecule has 2 rings (SSSR count). The molecule has 0 amide bonds. The van der Waals surface area contributed by atoms with Crippen molar-refractivity contribution < 1.29 is 4.79 Å². The first-order chi connectivity index (χ1) is 8.27. The Morgan fingerprint density at radius 2 is 1.71 bits per heavy atom. The minimum absolute atomic E-state index is 0.296. The van der Waals surface area contributed by atoms with Crippen LogP contribution >= 0.6 is 0 Å². The lowest BCUT2D eigenvalue weighted by Crippen LogP contribution is -2.26. The number of allylic oxidation sites excluding steroid dienone is 2. The Labute approximate surface area is 106 Å². The van der Waals surface area contributed by atoms with E-state index >= 15 is 0 Å². The fourth-order valence-electron chi connectivity index (χ4n) is 3.37. The SMILES string of the molecule is CC1CC(=O)C2CCCCCCCC/C=C\2C1. The lowest BCUT2D eigenvalue weighted by atomic mass is 9.75. The summed E-state index contributed by atoms with van der Waals surface area (Å²) >= 11 is 0. The standard InChI is InChI=1S/C16H26O/c1-13-11-14-9-7-5-3-2-4-6-8-10-15(14)16(17)12-13/h9,13,15H,2-8,10-12H2,1H3/b14-9-. The molecule has 0 bridgehead atoms. The molecule has 2 atom stereocenters. The van der Waals surface area contributed by atoms with Crippen LogP contribution in [0.2, 0.25) is 0 Å². The summed E-state index contributed by atoms with van der Waals surface area (Å²) in [5, 5.41) is 0. The third-order valence-electron chi connectivity index (χ3n) is 4.32. The third kappa shape index (κ3) is 3.69. The predicted octanol–water partition coefficient (Wildman–Crippen LogP) is 4.66. The fraction of sp³-hybridized carbons (Fsp3) is 0.812. The van der Waals surface area contributed by atoms with Gasteiger partial charge in [0.05, 0.1) is 0 Å². The van der Waals surface area contributed by atoms with Crippen molar-refractivity contribution >= 4 is 5.78 Å². The summed E-state index contributed by atoms with van der Waals surface area (Å²) < 4.78 is 0. The minimum atomic E-state index is 0.296. The summed E-state index contributed by atoms with van der Waals surface area (Å²) in [5.41, 5.74) is 1.48. The molecule has 0 N–H and O–H groups in total. The second kappa shape index (κ2) is 6.37. The maximum atomic E-state index is 12.1. The number of carbonyl (C=O) groups excluding carboxylic acids is 1. The van der Waals surface area contributed by atoms with Crippen LogP contribution in [0.5, 0.6) is 0 Å². The highest BCUT2D eigenvalue weighted by Gasteiger charge is 2.29. The normalized spacial score (nSPS) is 35.4. The number of carbonyl (C=O) groups is 1. The second-order valence-corrected chi connectivity index (χ2v) is 6.01. The summed E-state index contributed by atoms with van der Waals surface area (Å²) in [7, 11) is 0. The first-order valence-electron chi connectivity index (χ1n) is 7.49. The molecule has 2 unspecified atom stereocenters. The zero-order valence-electron chi connectivity index (χ0n) is 11.2. The third-order valence-corrected chi connectivity index (χ3v) is 4.32. The van der Waals surface area contributed by atoms with Crippen LogP contribution in [0.1, 0.15) is 71.1 Å². The Kier molecular flexibility index (Phi) is 4.82. The Hall–Kier alpha value is -0.590. The van der Waals surface area contributed by atoms with Gasteiger partial charge in [-0.15, -0.1) is 0 Å². The second-order valence-electron chi connectivity index (χ2n) is 6.01. The molecule has 2 aliphatic carbocycles. The van der Waals surface area contributed by atoms with E-state index < -0.39 is 0 Å². The average Bonchev–Trinajstić information content (AvgIpc) is 2.33. The molecule has 17 heavy (non-hydrogen) atoms. The summed E-state index contributed by atoms with van der Waals surface area (Å²) in [6.07, 6.45) is 14.8. The fourth-order valence-corrected chi connectivity index (χ4v) is 3.37. The molecule has 0 aliphatic heterocycles. The Bertz CT molecular complexity index is 290. The van der Waals surface area contributed by atoms with Crippen molar-refractivity contribution in [2.75, 3.05) is 0 Å². The Morgan fingerprint density at radius 3 is 2.53 bits per heavy atom. The summed E-state index contributed by atoms with van der Waals surface area (Å²) in [6, 6.07) is 0. The molecule has 96 valence electrons. The zero-order chi connectivity index (χ0) is 12.1. The van der Waals surface area contributed by atoms with Gasteiger partial charge in [-0.25, -0.2) is 0 Å². The molecule has 2 aliphatic rings. The van der Waals surface area contributed by atoms with Gasteiger partial charge < -0.3 is 0 Å². The molecule has 0 aromatic carbocycles. The summed E-state index contributed by atoms with van der Waals surface area (Å²) in [4.78, 5) is 12.1. The highest BCUT2D eigenvalue weighted by molar-refractivity contribution is 5.85. The highest BCUT2D eigenvalue weighted by Crippen LogP contribution is 2.34. The van der Waals surface area contributed by atoms with Crippen molar-refractivity contribution in [1.82, 2.24) is 0 Å². The molecule has 0 radical (unpaired) electrons. The molecular formula is C16H26O. The van der Waals surface area contributed by atoms with E-state index in [0.29, 0.717) is 17.6 Å². The van der Waals surface area contributed by atoms with Gasteiger partial charge in [0.25, 0.3) is 0 Å². The topological polar surface area (TPSA) is 17.1 Å². The first kappa shape index (κ1) is 12.9. The number of hydrogen-bond acceptors (Lipinski definition) is 1. The molecule has 0 aromatic rings. The van der Waals surface area contributed by atoms with E-state index in [1.165, 1.54) is 56.9 Å². The number of hydrogen-bond donors (Lipinski definition) is 0. The van der Waals surface area contributed by atoms with E-state index in [2.05, 4.69) is 13.0 Å². The molecule has 1 nitrogen and oxygen atoms in total. The van der Waals surface area contributed by atoms with Crippen LogP contribution in [0.3, 0.4) is 0 Å². The average molecular weight is 234 g/mol. The van der Waals surface area contributed by atoms with Crippen molar-refractivity contribution in [2.45, 2.75) is 71.1 Å². The van der Waals surface area contributed by atoms with Gasteiger partial charge in [0.2, 0.25) is 0 Å². The lowest BCUT2D eigenvalue weighted by molar-refractivity contribution is -0.124. The van der Waals surface area contributed by atoms with E-state index in [-0.39, 0.29) is 0 Å². The van der Waals surface area contributed by atoms with Gasteiger partial charge >= 0.3 is 0 Å². The smallest absolute Gasteiger partial charge is 0.140 e. The molecule has 0 saturated heterocycles. The number of ketones is 1. The quantitative estimate of drug-likeness (QED) is 0.557. The maximum Gasteiger partial charge on any atom is 0.140 e. The zero-order valence-corrected chi connectivity index (χ0v) is 11.2. The van der Waals surface area contributed by atoms with Crippen LogP contribution in [-0.2, 0) is 4.79 Å². The van der Waals surface area contributed by atoms with Gasteiger partial charge in [0, 0.05) is 12.3 Å². The van der Waals surface area contributed by atoms with Gasteiger partial charge in [0.1, 0.15) is 5.78 Å². The summed E-state index contributed by atoms with van der Waals surface area (Å²) in [6.45, 7) is 2.22.